The zero-order valence-electron chi connectivity index (χ0n) is 10.6. The first kappa shape index (κ1) is 13.2. The van der Waals surface area contributed by atoms with E-state index in [2.05, 4.69) is 46.2 Å². The van der Waals surface area contributed by atoms with Crippen molar-refractivity contribution in [3.05, 3.63) is 45.7 Å². The van der Waals surface area contributed by atoms with E-state index in [0.717, 1.165) is 15.9 Å². The van der Waals surface area contributed by atoms with E-state index in [1.165, 1.54) is 5.56 Å². The van der Waals surface area contributed by atoms with Crippen LogP contribution in [0.15, 0.2) is 28.7 Å². The first-order chi connectivity index (χ1) is 8.63. The molecule has 2 rings (SSSR count). The van der Waals surface area contributed by atoms with Crippen LogP contribution in [0.25, 0.3) is 0 Å². The van der Waals surface area contributed by atoms with E-state index in [9.17, 15) is 0 Å². The summed E-state index contributed by atoms with van der Waals surface area (Å²) in [4.78, 5) is 0. The van der Waals surface area contributed by atoms with Gasteiger partial charge in [-0.3, -0.25) is 0 Å². The zero-order chi connectivity index (χ0) is 13.1. The van der Waals surface area contributed by atoms with Crippen LogP contribution in [-0.2, 0) is 13.1 Å². The summed E-state index contributed by atoms with van der Waals surface area (Å²) < 4.78 is 3.02. The number of hydrogen-bond donors (Lipinski definition) is 1. The Morgan fingerprint density at radius 2 is 2.06 bits per heavy atom. The Kier molecular flexibility index (Phi) is 4.14. The number of rotatable bonds is 4. The summed E-state index contributed by atoms with van der Waals surface area (Å²) in [5.41, 5.74) is 8.89. The monoisotopic (exact) mass is 308 g/mol. The maximum atomic E-state index is 5.70. The molecular formula is C13H17BrN4. The van der Waals surface area contributed by atoms with Crippen molar-refractivity contribution in [1.82, 2.24) is 15.0 Å². The minimum Gasteiger partial charge on any atom is -0.325 e. The summed E-state index contributed by atoms with van der Waals surface area (Å²) in [5.74, 6) is 0.362. The molecule has 2 N–H and O–H groups in total. The maximum absolute atomic E-state index is 5.70. The van der Waals surface area contributed by atoms with Gasteiger partial charge in [0.05, 0.1) is 17.9 Å². The highest BCUT2D eigenvalue weighted by molar-refractivity contribution is 9.10. The normalized spacial score (nSPS) is 11.2. The lowest BCUT2D eigenvalue weighted by molar-refractivity contribution is 0.596. The molecule has 0 aliphatic heterocycles. The Hall–Kier alpha value is -1.20. The van der Waals surface area contributed by atoms with Crippen molar-refractivity contribution in [2.75, 3.05) is 0 Å². The smallest absolute Gasteiger partial charge is 0.0997 e. The fourth-order valence-corrected chi connectivity index (χ4v) is 2.45. The molecule has 0 unspecified atom stereocenters. The molecule has 1 heterocycles. The van der Waals surface area contributed by atoms with Crippen LogP contribution >= 0.6 is 15.9 Å². The van der Waals surface area contributed by atoms with Crippen molar-refractivity contribution in [3.8, 4) is 0 Å². The molecule has 0 aliphatic carbocycles. The molecule has 96 valence electrons. The quantitative estimate of drug-likeness (QED) is 0.944. The Bertz CT molecular complexity index is 534. The van der Waals surface area contributed by atoms with Gasteiger partial charge in [-0.1, -0.05) is 53.2 Å². The molecule has 0 aliphatic rings. The summed E-state index contributed by atoms with van der Waals surface area (Å²) in [6.45, 7) is 5.41. The first-order valence-corrected chi connectivity index (χ1v) is 6.78. The van der Waals surface area contributed by atoms with Gasteiger partial charge >= 0.3 is 0 Å². The van der Waals surface area contributed by atoms with Crippen molar-refractivity contribution >= 4 is 15.9 Å². The Morgan fingerprint density at radius 3 is 2.67 bits per heavy atom. The zero-order valence-corrected chi connectivity index (χ0v) is 12.2. The largest absolute Gasteiger partial charge is 0.325 e. The van der Waals surface area contributed by atoms with E-state index < -0.39 is 0 Å². The van der Waals surface area contributed by atoms with Gasteiger partial charge in [0.2, 0.25) is 0 Å². The predicted octanol–water partition coefficient (Wildman–Crippen LogP) is 2.67. The average Bonchev–Trinajstić information content (AvgIpc) is 2.75. The van der Waals surface area contributed by atoms with E-state index in [4.69, 9.17) is 5.73 Å². The average molecular weight is 309 g/mol. The highest BCUT2D eigenvalue weighted by Crippen LogP contribution is 2.21. The van der Waals surface area contributed by atoms with E-state index in [-0.39, 0.29) is 0 Å². The molecule has 1 aromatic carbocycles. The predicted molar refractivity (Wildman–Crippen MR) is 75.2 cm³/mol. The maximum Gasteiger partial charge on any atom is 0.0997 e. The number of halogens is 1. The van der Waals surface area contributed by atoms with E-state index >= 15 is 0 Å². The van der Waals surface area contributed by atoms with Crippen LogP contribution in [0.2, 0.25) is 0 Å². The van der Waals surface area contributed by atoms with Gasteiger partial charge in [0, 0.05) is 11.0 Å². The van der Waals surface area contributed by atoms with Crippen molar-refractivity contribution in [3.63, 3.8) is 0 Å². The van der Waals surface area contributed by atoms with Crippen LogP contribution in [0.5, 0.6) is 0 Å². The van der Waals surface area contributed by atoms with Gasteiger partial charge < -0.3 is 5.73 Å². The Labute approximate surface area is 115 Å². The lowest BCUT2D eigenvalue weighted by atomic mass is 10.1. The molecule has 0 amide bonds. The van der Waals surface area contributed by atoms with Gasteiger partial charge in [-0.15, -0.1) is 5.10 Å². The molecule has 0 saturated heterocycles. The number of nitrogens with zero attached hydrogens (tertiary/aromatic N) is 3. The van der Waals surface area contributed by atoms with Crippen molar-refractivity contribution in [1.29, 1.82) is 0 Å². The first-order valence-electron chi connectivity index (χ1n) is 5.99. The second-order valence-corrected chi connectivity index (χ2v) is 5.38. The van der Waals surface area contributed by atoms with E-state index in [1.54, 1.807) is 0 Å². The second-order valence-electron chi connectivity index (χ2n) is 4.53. The number of hydrogen-bond acceptors (Lipinski definition) is 3. The number of benzene rings is 1. The Morgan fingerprint density at radius 1 is 1.33 bits per heavy atom. The lowest BCUT2D eigenvalue weighted by Crippen LogP contribution is -2.10. The van der Waals surface area contributed by atoms with Crippen LogP contribution in [0.1, 0.15) is 36.7 Å². The molecule has 0 spiro atoms. The molecule has 5 heteroatoms. The van der Waals surface area contributed by atoms with Crippen molar-refractivity contribution < 1.29 is 0 Å². The summed E-state index contributed by atoms with van der Waals surface area (Å²) in [5, 5.41) is 8.36. The van der Waals surface area contributed by atoms with Crippen LogP contribution in [-0.4, -0.2) is 15.0 Å². The third-order valence-corrected chi connectivity index (χ3v) is 3.64. The van der Waals surface area contributed by atoms with Crippen molar-refractivity contribution in [2.24, 2.45) is 5.73 Å². The molecule has 4 nitrogen and oxygen atoms in total. The third-order valence-electron chi connectivity index (χ3n) is 2.87. The third kappa shape index (κ3) is 2.62. The molecule has 0 bridgehead atoms. The van der Waals surface area contributed by atoms with Gasteiger partial charge in [0.15, 0.2) is 0 Å². The van der Waals surface area contributed by atoms with Gasteiger partial charge in [-0.25, -0.2) is 4.68 Å². The minimum atomic E-state index is 0.362. The van der Waals surface area contributed by atoms with Gasteiger partial charge in [0.25, 0.3) is 0 Å². The highest BCUT2D eigenvalue weighted by atomic mass is 79.9. The molecule has 18 heavy (non-hydrogen) atoms. The number of aromatic nitrogens is 3. The fourth-order valence-electron chi connectivity index (χ4n) is 2.04. The number of nitrogens with two attached hydrogens (primary N) is 1. The van der Waals surface area contributed by atoms with Crippen LogP contribution in [0.4, 0.5) is 0 Å². The van der Waals surface area contributed by atoms with Gasteiger partial charge in [-0.05, 0) is 17.5 Å². The summed E-state index contributed by atoms with van der Waals surface area (Å²) in [6, 6.07) is 8.14. The minimum absolute atomic E-state index is 0.362. The van der Waals surface area contributed by atoms with Gasteiger partial charge in [-0.2, -0.15) is 0 Å². The molecule has 1 aromatic heterocycles. The van der Waals surface area contributed by atoms with E-state index in [0.29, 0.717) is 19.0 Å². The second kappa shape index (κ2) is 5.63. The summed E-state index contributed by atoms with van der Waals surface area (Å²) in [7, 11) is 0. The molecule has 2 aromatic rings. The standard InChI is InChI=1S/C13H17BrN4/c1-9(2)13-12(7-15)16-17-18(13)8-10-5-3-4-6-11(10)14/h3-6,9H,7-8,15H2,1-2H3. The Balaban J connectivity index is 2.35. The summed E-state index contributed by atoms with van der Waals surface area (Å²) >= 11 is 3.55. The topological polar surface area (TPSA) is 56.7 Å². The molecule has 0 fully saturated rings. The van der Waals surface area contributed by atoms with Crippen molar-refractivity contribution in [2.45, 2.75) is 32.9 Å². The SMILES string of the molecule is CC(C)c1c(CN)nnn1Cc1ccccc1Br. The van der Waals surface area contributed by atoms with E-state index in [1.807, 2.05) is 22.9 Å². The fraction of sp³-hybridized carbons (Fsp3) is 0.385. The lowest BCUT2D eigenvalue weighted by Gasteiger charge is -2.11. The van der Waals surface area contributed by atoms with Crippen LogP contribution < -0.4 is 5.73 Å². The molecule has 0 radical (unpaired) electrons. The molecular weight excluding hydrogens is 292 g/mol. The summed E-state index contributed by atoms with van der Waals surface area (Å²) in [6.07, 6.45) is 0. The van der Waals surface area contributed by atoms with Crippen LogP contribution in [0.3, 0.4) is 0 Å². The van der Waals surface area contributed by atoms with Gasteiger partial charge in [0.1, 0.15) is 0 Å². The molecule has 0 atom stereocenters. The molecule has 0 saturated carbocycles. The highest BCUT2D eigenvalue weighted by Gasteiger charge is 2.15. The van der Waals surface area contributed by atoms with Crippen LogP contribution in [0, 0.1) is 0 Å².